The SMILES string of the molecule is CN(C)Cc1ccccc1NS(C)(=O)=O. The Morgan fingerprint density at radius 1 is 1.27 bits per heavy atom. The molecule has 0 aromatic heterocycles. The van der Waals surface area contributed by atoms with Gasteiger partial charge in [-0.05, 0) is 25.7 Å². The molecule has 0 aliphatic carbocycles. The van der Waals surface area contributed by atoms with E-state index in [0.717, 1.165) is 11.8 Å². The van der Waals surface area contributed by atoms with Gasteiger partial charge in [-0.1, -0.05) is 18.2 Å². The van der Waals surface area contributed by atoms with Crippen molar-refractivity contribution >= 4 is 15.7 Å². The molecule has 0 saturated carbocycles. The molecule has 5 heteroatoms. The van der Waals surface area contributed by atoms with Crippen LogP contribution in [0.4, 0.5) is 5.69 Å². The largest absolute Gasteiger partial charge is 0.305 e. The van der Waals surface area contributed by atoms with Gasteiger partial charge in [0.1, 0.15) is 0 Å². The van der Waals surface area contributed by atoms with Crippen molar-refractivity contribution in [2.45, 2.75) is 6.54 Å². The summed E-state index contributed by atoms with van der Waals surface area (Å²) in [6.45, 7) is 0.707. The van der Waals surface area contributed by atoms with Crippen LogP contribution in [0.25, 0.3) is 0 Å². The monoisotopic (exact) mass is 228 g/mol. The third-order valence-electron chi connectivity index (χ3n) is 1.80. The van der Waals surface area contributed by atoms with Crippen LogP contribution in [0.5, 0.6) is 0 Å². The van der Waals surface area contributed by atoms with Crippen LogP contribution in [-0.2, 0) is 16.6 Å². The number of nitrogens with zero attached hydrogens (tertiary/aromatic N) is 1. The Hall–Kier alpha value is -1.07. The molecule has 1 N–H and O–H groups in total. The number of anilines is 1. The lowest BCUT2D eigenvalue weighted by atomic mass is 10.2. The smallest absolute Gasteiger partial charge is 0.229 e. The average molecular weight is 228 g/mol. The molecule has 84 valence electrons. The summed E-state index contributed by atoms with van der Waals surface area (Å²) in [7, 11) is 0.679. The van der Waals surface area contributed by atoms with Gasteiger partial charge in [-0.3, -0.25) is 4.72 Å². The lowest BCUT2D eigenvalue weighted by Gasteiger charge is -2.14. The molecule has 1 rings (SSSR count). The standard InChI is InChI=1S/C10H16N2O2S/c1-12(2)8-9-6-4-5-7-10(9)11-15(3,13)14/h4-7,11H,8H2,1-3H3. The summed E-state index contributed by atoms with van der Waals surface area (Å²) in [5.41, 5.74) is 1.61. The van der Waals surface area contributed by atoms with E-state index in [1.165, 1.54) is 0 Å². The molecular weight excluding hydrogens is 212 g/mol. The number of benzene rings is 1. The molecule has 4 nitrogen and oxygen atoms in total. The summed E-state index contributed by atoms with van der Waals surface area (Å²) >= 11 is 0. The highest BCUT2D eigenvalue weighted by molar-refractivity contribution is 7.92. The molecule has 0 radical (unpaired) electrons. The maximum atomic E-state index is 11.1. The Labute approximate surface area is 91.0 Å². The van der Waals surface area contributed by atoms with Gasteiger partial charge in [0, 0.05) is 6.54 Å². The minimum Gasteiger partial charge on any atom is -0.305 e. The van der Waals surface area contributed by atoms with Gasteiger partial charge >= 0.3 is 0 Å². The summed E-state index contributed by atoms with van der Waals surface area (Å²) < 4.78 is 24.7. The van der Waals surface area contributed by atoms with Gasteiger partial charge in [-0.2, -0.15) is 0 Å². The van der Waals surface area contributed by atoms with Gasteiger partial charge in [-0.25, -0.2) is 8.42 Å². The van der Waals surface area contributed by atoms with Crippen molar-refractivity contribution in [1.82, 2.24) is 4.90 Å². The van der Waals surface area contributed by atoms with Crippen LogP contribution < -0.4 is 4.72 Å². The van der Waals surface area contributed by atoms with E-state index < -0.39 is 10.0 Å². The molecule has 0 aliphatic heterocycles. The molecule has 1 aromatic carbocycles. The van der Waals surface area contributed by atoms with Crippen LogP contribution >= 0.6 is 0 Å². The Balaban J connectivity index is 2.96. The van der Waals surface area contributed by atoms with Crippen molar-refractivity contribution in [2.75, 3.05) is 25.1 Å². The van der Waals surface area contributed by atoms with Crippen LogP contribution in [0, 0.1) is 0 Å². The van der Waals surface area contributed by atoms with E-state index in [2.05, 4.69) is 4.72 Å². The Kier molecular flexibility index (Phi) is 3.71. The molecule has 1 aromatic rings. The van der Waals surface area contributed by atoms with Crippen LogP contribution in [0.2, 0.25) is 0 Å². The highest BCUT2D eigenvalue weighted by atomic mass is 32.2. The summed E-state index contributed by atoms with van der Waals surface area (Å²) in [6, 6.07) is 7.38. The van der Waals surface area contributed by atoms with Crippen LogP contribution in [-0.4, -0.2) is 33.7 Å². The van der Waals surface area contributed by atoms with E-state index >= 15 is 0 Å². The average Bonchev–Trinajstić information content (AvgIpc) is 2.05. The topological polar surface area (TPSA) is 49.4 Å². The lowest BCUT2D eigenvalue weighted by Crippen LogP contribution is -2.15. The normalized spacial score (nSPS) is 11.7. The van der Waals surface area contributed by atoms with Gasteiger partial charge in [0.25, 0.3) is 0 Å². The minimum absolute atomic E-state index is 0.647. The second-order valence-electron chi connectivity index (χ2n) is 3.77. The third kappa shape index (κ3) is 4.31. The van der Waals surface area contributed by atoms with Crippen molar-refractivity contribution in [3.63, 3.8) is 0 Å². The maximum Gasteiger partial charge on any atom is 0.229 e. The van der Waals surface area contributed by atoms with Gasteiger partial charge < -0.3 is 4.90 Å². The highest BCUT2D eigenvalue weighted by Crippen LogP contribution is 2.17. The van der Waals surface area contributed by atoms with Crippen LogP contribution in [0.3, 0.4) is 0 Å². The first kappa shape index (κ1) is 12.0. The highest BCUT2D eigenvalue weighted by Gasteiger charge is 2.06. The first-order valence-electron chi connectivity index (χ1n) is 4.59. The van der Waals surface area contributed by atoms with Gasteiger partial charge in [0.15, 0.2) is 0 Å². The molecule has 0 atom stereocenters. The second kappa shape index (κ2) is 4.63. The Morgan fingerprint density at radius 3 is 2.40 bits per heavy atom. The summed E-state index contributed by atoms with van der Waals surface area (Å²) in [6.07, 6.45) is 1.15. The van der Waals surface area contributed by atoms with Gasteiger partial charge in [-0.15, -0.1) is 0 Å². The van der Waals surface area contributed by atoms with E-state index in [9.17, 15) is 8.42 Å². The van der Waals surface area contributed by atoms with Crippen LogP contribution in [0.1, 0.15) is 5.56 Å². The van der Waals surface area contributed by atoms with Gasteiger partial charge in [0.2, 0.25) is 10.0 Å². The zero-order valence-corrected chi connectivity index (χ0v) is 10.0. The first-order chi connectivity index (χ1) is 6.88. The van der Waals surface area contributed by atoms with Crippen molar-refractivity contribution in [3.05, 3.63) is 29.8 Å². The van der Waals surface area contributed by atoms with E-state index in [4.69, 9.17) is 0 Å². The fourth-order valence-corrected chi connectivity index (χ4v) is 1.90. The summed E-state index contributed by atoms with van der Waals surface area (Å²) in [5, 5.41) is 0. The molecule has 0 saturated heterocycles. The minimum atomic E-state index is -3.20. The van der Waals surface area contributed by atoms with E-state index in [1.54, 1.807) is 6.07 Å². The zero-order valence-electron chi connectivity index (χ0n) is 9.19. The van der Waals surface area contributed by atoms with E-state index in [1.807, 2.05) is 37.2 Å². The van der Waals surface area contributed by atoms with E-state index in [-0.39, 0.29) is 0 Å². The third-order valence-corrected chi connectivity index (χ3v) is 2.39. The fourth-order valence-electron chi connectivity index (χ4n) is 1.30. The fraction of sp³-hybridized carbons (Fsp3) is 0.400. The number of hydrogen-bond acceptors (Lipinski definition) is 3. The summed E-state index contributed by atoms with van der Waals surface area (Å²) in [5.74, 6) is 0. The van der Waals surface area contributed by atoms with Crippen molar-refractivity contribution in [2.24, 2.45) is 0 Å². The quantitative estimate of drug-likeness (QED) is 0.840. The molecule has 0 heterocycles. The first-order valence-corrected chi connectivity index (χ1v) is 6.48. The molecule has 0 aliphatic rings. The Morgan fingerprint density at radius 2 is 1.87 bits per heavy atom. The second-order valence-corrected chi connectivity index (χ2v) is 5.52. The molecule has 0 unspecified atom stereocenters. The number of rotatable bonds is 4. The van der Waals surface area contributed by atoms with Crippen molar-refractivity contribution < 1.29 is 8.42 Å². The van der Waals surface area contributed by atoms with E-state index in [0.29, 0.717) is 12.2 Å². The van der Waals surface area contributed by atoms with Crippen molar-refractivity contribution in [1.29, 1.82) is 0 Å². The molecule has 0 spiro atoms. The Bertz CT molecular complexity index is 427. The van der Waals surface area contributed by atoms with Gasteiger partial charge in [0.05, 0.1) is 11.9 Å². The van der Waals surface area contributed by atoms with Crippen molar-refractivity contribution in [3.8, 4) is 0 Å². The molecule has 0 amide bonds. The summed E-state index contributed by atoms with van der Waals surface area (Å²) in [4.78, 5) is 1.99. The number of para-hydroxylation sites is 1. The maximum absolute atomic E-state index is 11.1. The predicted octanol–water partition coefficient (Wildman–Crippen LogP) is 1.12. The number of hydrogen-bond donors (Lipinski definition) is 1. The molecule has 15 heavy (non-hydrogen) atoms. The number of nitrogens with one attached hydrogen (secondary N) is 1. The lowest BCUT2D eigenvalue weighted by molar-refractivity contribution is 0.403. The predicted molar refractivity (Wildman–Crippen MR) is 62.3 cm³/mol. The molecule has 0 fully saturated rings. The molecular formula is C10H16N2O2S. The molecule has 0 bridgehead atoms. The number of sulfonamides is 1. The zero-order chi connectivity index (χ0) is 11.5. The van der Waals surface area contributed by atoms with Crippen LogP contribution in [0.15, 0.2) is 24.3 Å².